The van der Waals surface area contributed by atoms with E-state index in [-0.39, 0.29) is 5.54 Å². The summed E-state index contributed by atoms with van der Waals surface area (Å²) < 4.78 is 0. The zero-order valence-electron chi connectivity index (χ0n) is 13.7. The minimum atomic E-state index is 0.134. The highest BCUT2D eigenvalue weighted by Crippen LogP contribution is 2.21. The first-order valence-electron chi connectivity index (χ1n) is 7.26. The van der Waals surface area contributed by atoms with E-state index in [1.54, 1.807) is 0 Å². The summed E-state index contributed by atoms with van der Waals surface area (Å²) in [5.41, 5.74) is 4.31. The fraction of sp³-hybridized carbons (Fsp3) is 0.647. The molecule has 1 aromatic carbocycles. The minimum Gasteiger partial charge on any atom is -0.312 e. The number of benzene rings is 1. The Labute approximate surface area is 119 Å². The molecule has 1 unspecified atom stereocenters. The Hall–Kier alpha value is -0.860. The van der Waals surface area contributed by atoms with Crippen LogP contribution >= 0.6 is 0 Å². The van der Waals surface area contributed by atoms with Gasteiger partial charge in [-0.3, -0.25) is 0 Å². The Morgan fingerprint density at radius 1 is 1.16 bits per heavy atom. The molecule has 0 aromatic heterocycles. The van der Waals surface area contributed by atoms with Crippen molar-refractivity contribution >= 4 is 0 Å². The number of likely N-dealkylation sites (N-methyl/N-ethyl adjacent to an activating group) is 2. The lowest BCUT2D eigenvalue weighted by Gasteiger charge is -2.41. The average Bonchev–Trinajstić information content (AvgIpc) is 2.33. The molecule has 2 heteroatoms. The molecule has 19 heavy (non-hydrogen) atoms. The Bertz CT molecular complexity index is 408. The van der Waals surface area contributed by atoms with Gasteiger partial charge in [0.25, 0.3) is 0 Å². The van der Waals surface area contributed by atoms with Crippen molar-refractivity contribution in [1.29, 1.82) is 0 Å². The largest absolute Gasteiger partial charge is 0.312 e. The molecule has 0 radical (unpaired) electrons. The van der Waals surface area contributed by atoms with E-state index in [2.05, 4.69) is 77.1 Å². The molecular weight excluding hydrogens is 232 g/mol. The molecule has 0 amide bonds. The predicted molar refractivity (Wildman–Crippen MR) is 84.9 cm³/mol. The second kappa shape index (κ2) is 6.53. The van der Waals surface area contributed by atoms with Crippen molar-refractivity contribution in [2.45, 2.75) is 52.6 Å². The molecule has 1 rings (SSSR count). The van der Waals surface area contributed by atoms with Crippen LogP contribution < -0.4 is 5.32 Å². The van der Waals surface area contributed by atoms with Crippen LogP contribution in [0.1, 0.15) is 37.5 Å². The highest BCUT2D eigenvalue weighted by atomic mass is 15.2. The van der Waals surface area contributed by atoms with Gasteiger partial charge in [0.2, 0.25) is 0 Å². The Kier molecular flexibility index (Phi) is 5.57. The Morgan fingerprint density at radius 3 is 2.26 bits per heavy atom. The molecular formula is C17H30N2. The van der Waals surface area contributed by atoms with Crippen LogP contribution in [0.25, 0.3) is 0 Å². The summed E-state index contributed by atoms with van der Waals surface area (Å²) in [7, 11) is 4.31. The van der Waals surface area contributed by atoms with Crippen molar-refractivity contribution in [3.63, 3.8) is 0 Å². The second-order valence-electron chi connectivity index (χ2n) is 6.28. The summed E-state index contributed by atoms with van der Waals surface area (Å²) in [6.07, 6.45) is 1.07. The third-order valence-electron chi connectivity index (χ3n) is 4.47. The van der Waals surface area contributed by atoms with Gasteiger partial charge in [0.1, 0.15) is 0 Å². The minimum absolute atomic E-state index is 0.134. The van der Waals surface area contributed by atoms with Crippen molar-refractivity contribution in [3.8, 4) is 0 Å². The normalized spacial score (nSPS) is 13.9. The number of rotatable bonds is 6. The molecule has 0 heterocycles. The van der Waals surface area contributed by atoms with Gasteiger partial charge in [0.05, 0.1) is 0 Å². The lowest BCUT2D eigenvalue weighted by Crippen LogP contribution is -2.56. The highest BCUT2D eigenvalue weighted by Gasteiger charge is 2.30. The summed E-state index contributed by atoms with van der Waals surface area (Å²) in [6.45, 7) is 12.2. The van der Waals surface area contributed by atoms with Crippen LogP contribution in [0.5, 0.6) is 0 Å². The van der Waals surface area contributed by atoms with Gasteiger partial charge in [-0.25, -0.2) is 0 Å². The van der Waals surface area contributed by atoms with Crippen LogP contribution in [-0.2, 0) is 6.42 Å². The molecule has 1 aromatic rings. The van der Waals surface area contributed by atoms with Crippen LogP contribution in [0, 0.1) is 13.8 Å². The second-order valence-corrected chi connectivity index (χ2v) is 6.28. The van der Waals surface area contributed by atoms with Crippen LogP contribution in [0.2, 0.25) is 0 Å². The van der Waals surface area contributed by atoms with Crippen molar-refractivity contribution in [1.82, 2.24) is 10.2 Å². The van der Waals surface area contributed by atoms with Crippen LogP contribution in [0.3, 0.4) is 0 Å². The molecule has 0 saturated heterocycles. The Balaban J connectivity index is 2.92. The number of nitrogens with zero attached hydrogens (tertiary/aromatic N) is 1. The zero-order chi connectivity index (χ0) is 14.6. The number of nitrogens with one attached hydrogen (secondary N) is 1. The van der Waals surface area contributed by atoms with Gasteiger partial charge in [0, 0.05) is 11.6 Å². The van der Waals surface area contributed by atoms with Gasteiger partial charge in [-0.2, -0.15) is 0 Å². The summed E-state index contributed by atoms with van der Waals surface area (Å²) in [6, 6.07) is 7.27. The first-order chi connectivity index (χ1) is 8.78. The number of aryl methyl sites for hydroxylation is 2. The van der Waals surface area contributed by atoms with E-state index in [9.17, 15) is 0 Å². The molecule has 0 aliphatic rings. The van der Waals surface area contributed by atoms with Crippen molar-refractivity contribution in [2.75, 3.05) is 20.6 Å². The molecule has 0 spiro atoms. The third kappa shape index (κ3) is 4.05. The van der Waals surface area contributed by atoms with Crippen LogP contribution in [-0.4, -0.2) is 37.1 Å². The number of hydrogen-bond acceptors (Lipinski definition) is 2. The molecule has 1 atom stereocenters. The summed E-state index contributed by atoms with van der Waals surface area (Å²) >= 11 is 0. The molecule has 0 aliphatic carbocycles. The van der Waals surface area contributed by atoms with Gasteiger partial charge in [-0.05, 0) is 71.4 Å². The standard InChI is InChI=1S/C17H30N2/c1-8-18-16(17(4,5)19(6)7)12-15-10-9-13(2)14(3)11-15/h9-11,16,18H,8,12H2,1-7H3. The topological polar surface area (TPSA) is 15.3 Å². The van der Waals surface area contributed by atoms with Gasteiger partial charge in [-0.1, -0.05) is 25.1 Å². The smallest absolute Gasteiger partial charge is 0.0303 e. The lowest BCUT2D eigenvalue weighted by molar-refractivity contribution is 0.138. The molecule has 0 saturated carbocycles. The van der Waals surface area contributed by atoms with E-state index in [4.69, 9.17) is 0 Å². The van der Waals surface area contributed by atoms with Gasteiger partial charge < -0.3 is 10.2 Å². The first kappa shape index (κ1) is 16.2. The predicted octanol–water partition coefficient (Wildman–Crippen LogP) is 3.16. The van der Waals surface area contributed by atoms with E-state index in [0.29, 0.717) is 6.04 Å². The maximum absolute atomic E-state index is 3.65. The third-order valence-corrected chi connectivity index (χ3v) is 4.47. The van der Waals surface area contributed by atoms with E-state index in [1.165, 1.54) is 16.7 Å². The van der Waals surface area contributed by atoms with Gasteiger partial charge >= 0.3 is 0 Å². The van der Waals surface area contributed by atoms with Crippen LogP contribution in [0.15, 0.2) is 18.2 Å². The van der Waals surface area contributed by atoms with E-state index < -0.39 is 0 Å². The van der Waals surface area contributed by atoms with E-state index in [0.717, 1.165) is 13.0 Å². The molecule has 0 aliphatic heterocycles. The Morgan fingerprint density at radius 2 is 1.79 bits per heavy atom. The van der Waals surface area contributed by atoms with Gasteiger partial charge in [-0.15, -0.1) is 0 Å². The van der Waals surface area contributed by atoms with Gasteiger partial charge in [0.15, 0.2) is 0 Å². The zero-order valence-corrected chi connectivity index (χ0v) is 13.7. The molecule has 1 N–H and O–H groups in total. The molecule has 0 bridgehead atoms. The molecule has 108 valence electrons. The lowest BCUT2D eigenvalue weighted by atomic mass is 9.87. The molecule has 0 fully saturated rings. The highest BCUT2D eigenvalue weighted by molar-refractivity contribution is 5.30. The first-order valence-corrected chi connectivity index (χ1v) is 7.26. The fourth-order valence-electron chi connectivity index (χ4n) is 2.30. The summed E-state index contributed by atoms with van der Waals surface area (Å²) in [4.78, 5) is 2.31. The maximum atomic E-state index is 3.65. The summed E-state index contributed by atoms with van der Waals surface area (Å²) in [5, 5.41) is 3.65. The van der Waals surface area contributed by atoms with Crippen molar-refractivity contribution in [3.05, 3.63) is 34.9 Å². The quantitative estimate of drug-likeness (QED) is 0.847. The van der Waals surface area contributed by atoms with Crippen LogP contribution in [0.4, 0.5) is 0 Å². The maximum Gasteiger partial charge on any atom is 0.0303 e. The summed E-state index contributed by atoms with van der Waals surface area (Å²) in [5.74, 6) is 0. The number of hydrogen-bond donors (Lipinski definition) is 1. The van der Waals surface area contributed by atoms with Crippen molar-refractivity contribution in [2.24, 2.45) is 0 Å². The fourth-order valence-corrected chi connectivity index (χ4v) is 2.30. The van der Waals surface area contributed by atoms with Crippen molar-refractivity contribution < 1.29 is 0 Å². The molecule has 2 nitrogen and oxygen atoms in total. The SMILES string of the molecule is CCNC(Cc1ccc(C)c(C)c1)C(C)(C)N(C)C. The van der Waals surface area contributed by atoms with E-state index >= 15 is 0 Å². The van der Waals surface area contributed by atoms with E-state index in [1.807, 2.05) is 0 Å². The monoisotopic (exact) mass is 262 g/mol. The average molecular weight is 262 g/mol.